The molecule has 0 saturated carbocycles. The number of nitrogens with zero attached hydrogens (tertiary/aromatic N) is 3. The number of rotatable bonds is 5. The smallest absolute Gasteiger partial charge is 0.211 e. The summed E-state index contributed by atoms with van der Waals surface area (Å²) in [5, 5.41) is 3.35. The predicted molar refractivity (Wildman–Crippen MR) is 94.0 cm³/mol. The fraction of sp³-hybridized carbons (Fsp3) is 0.688. The van der Waals surface area contributed by atoms with Crippen LogP contribution in [0.25, 0.3) is 0 Å². The molecule has 0 bridgehead atoms. The first-order valence-corrected chi connectivity index (χ1v) is 10.4. The summed E-state index contributed by atoms with van der Waals surface area (Å²) < 4.78 is 30.5. The number of hydrogen-bond acceptors (Lipinski definition) is 6. The van der Waals surface area contributed by atoms with Crippen molar-refractivity contribution >= 4 is 15.8 Å². The summed E-state index contributed by atoms with van der Waals surface area (Å²) in [6.07, 6.45) is 5.35. The molecule has 2 fully saturated rings. The molecule has 0 aromatic carbocycles. The first-order valence-electron chi connectivity index (χ1n) is 8.52. The molecule has 3 heterocycles. The van der Waals surface area contributed by atoms with Crippen molar-refractivity contribution in [2.45, 2.75) is 12.8 Å². The summed E-state index contributed by atoms with van der Waals surface area (Å²) in [5.41, 5.74) is 0. The lowest BCUT2D eigenvalue weighted by atomic mass is 9.99. The van der Waals surface area contributed by atoms with E-state index in [0.717, 1.165) is 44.1 Å². The Morgan fingerprint density at radius 1 is 1.21 bits per heavy atom. The summed E-state index contributed by atoms with van der Waals surface area (Å²) in [5.74, 6) is 2.29. The van der Waals surface area contributed by atoms with Gasteiger partial charge < -0.3 is 15.0 Å². The van der Waals surface area contributed by atoms with Crippen molar-refractivity contribution in [1.29, 1.82) is 0 Å². The highest BCUT2D eigenvalue weighted by molar-refractivity contribution is 7.88. The third-order valence-corrected chi connectivity index (χ3v) is 6.00. The van der Waals surface area contributed by atoms with Gasteiger partial charge in [-0.05, 0) is 44.0 Å². The second-order valence-electron chi connectivity index (χ2n) is 6.51. The summed E-state index contributed by atoms with van der Waals surface area (Å²) >= 11 is 0. The Balaban J connectivity index is 1.49. The van der Waals surface area contributed by atoms with Crippen LogP contribution in [0.2, 0.25) is 0 Å². The number of nitrogens with one attached hydrogen (secondary N) is 1. The molecule has 3 rings (SSSR count). The molecule has 8 heteroatoms. The molecule has 1 N–H and O–H groups in total. The number of anilines is 1. The maximum Gasteiger partial charge on any atom is 0.211 e. The molecule has 0 amide bonds. The minimum Gasteiger partial charge on any atom is -0.492 e. The minimum atomic E-state index is -3.09. The summed E-state index contributed by atoms with van der Waals surface area (Å²) in [6.45, 7) is 5.23. The highest BCUT2D eigenvalue weighted by Gasteiger charge is 2.24. The first-order chi connectivity index (χ1) is 11.5. The fourth-order valence-corrected chi connectivity index (χ4v) is 3.98. The van der Waals surface area contributed by atoms with Gasteiger partial charge in [0.1, 0.15) is 11.6 Å². The highest BCUT2D eigenvalue weighted by atomic mass is 32.2. The Hall–Kier alpha value is -1.38. The molecule has 2 saturated heterocycles. The van der Waals surface area contributed by atoms with Crippen molar-refractivity contribution in [2.24, 2.45) is 5.92 Å². The van der Waals surface area contributed by atoms with E-state index in [9.17, 15) is 8.42 Å². The van der Waals surface area contributed by atoms with Gasteiger partial charge in [-0.25, -0.2) is 13.4 Å². The Kier molecular flexibility index (Phi) is 5.57. The molecule has 134 valence electrons. The monoisotopic (exact) mass is 354 g/mol. The van der Waals surface area contributed by atoms with Gasteiger partial charge in [0, 0.05) is 26.2 Å². The standard InChI is InChI=1S/C16H26N4O3S/c1-24(21,22)20-10-8-19(9-11-20)16-3-2-15(12-18-16)23-13-14-4-6-17-7-5-14/h2-3,12,14,17H,4-11,13H2,1H3. The lowest BCUT2D eigenvalue weighted by molar-refractivity contribution is 0.214. The van der Waals surface area contributed by atoms with Crippen LogP contribution in [0.1, 0.15) is 12.8 Å². The van der Waals surface area contributed by atoms with Gasteiger partial charge in [0.15, 0.2) is 0 Å². The molecule has 2 aliphatic rings. The van der Waals surface area contributed by atoms with E-state index in [2.05, 4.69) is 15.2 Å². The van der Waals surface area contributed by atoms with Gasteiger partial charge in [-0.3, -0.25) is 0 Å². The van der Waals surface area contributed by atoms with Crippen molar-refractivity contribution in [3.63, 3.8) is 0 Å². The van der Waals surface area contributed by atoms with Crippen LogP contribution in [0.4, 0.5) is 5.82 Å². The Bertz CT molecular complexity index is 621. The van der Waals surface area contributed by atoms with Crippen LogP contribution in [0.3, 0.4) is 0 Å². The number of pyridine rings is 1. The van der Waals surface area contributed by atoms with Crippen molar-refractivity contribution in [3.05, 3.63) is 18.3 Å². The third kappa shape index (κ3) is 4.58. The number of sulfonamides is 1. The SMILES string of the molecule is CS(=O)(=O)N1CCN(c2ccc(OCC3CCNCC3)cn2)CC1. The van der Waals surface area contributed by atoms with Crippen molar-refractivity contribution in [3.8, 4) is 5.75 Å². The number of piperidine rings is 1. The molecule has 0 atom stereocenters. The zero-order valence-electron chi connectivity index (χ0n) is 14.1. The van der Waals surface area contributed by atoms with Gasteiger partial charge in [-0.2, -0.15) is 4.31 Å². The average molecular weight is 354 g/mol. The van der Waals surface area contributed by atoms with Crippen LogP contribution < -0.4 is 15.0 Å². The zero-order valence-corrected chi connectivity index (χ0v) is 15.0. The summed E-state index contributed by atoms with van der Waals surface area (Å²) in [6, 6.07) is 3.90. The molecular weight excluding hydrogens is 328 g/mol. The van der Waals surface area contributed by atoms with Crippen molar-refractivity contribution < 1.29 is 13.2 Å². The molecule has 1 aromatic heterocycles. The molecule has 24 heavy (non-hydrogen) atoms. The lowest BCUT2D eigenvalue weighted by Crippen LogP contribution is -2.48. The van der Waals surface area contributed by atoms with E-state index in [-0.39, 0.29) is 0 Å². The fourth-order valence-electron chi connectivity index (χ4n) is 3.16. The van der Waals surface area contributed by atoms with Crippen molar-refractivity contribution in [2.75, 3.05) is 57.0 Å². The molecule has 0 spiro atoms. The molecule has 1 aromatic rings. The largest absolute Gasteiger partial charge is 0.492 e. The first kappa shape index (κ1) is 17.4. The van der Waals surface area contributed by atoms with E-state index in [1.54, 1.807) is 6.20 Å². The van der Waals surface area contributed by atoms with Crippen LogP contribution in [-0.4, -0.2) is 69.8 Å². The highest BCUT2D eigenvalue weighted by Crippen LogP contribution is 2.20. The Labute approximate surface area is 144 Å². The van der Waals surface area contributed by atoms with Gasteiger partial charge >= 0.3 is 0 Å². The summed E-state index contributed by atoms with van der Waals surface area (Å²) in [4.78, 5) is 6.58. The number of hydrogen-bond donors (Lipinski definition) is 1. The topological polar surface area (TPSA) is 74.8 Å². The van der Waals surface area contributed by atoms with Crippen LogP contribution in [0, 0.1) is 5.92 Å². The normalized spacial score (nSPS) is 21.0. The average Bonchev–Trinajstić information content (AvgIpc) is 2.61. The van der Waals surface area contributed by atoms with E-state index >= 15 is 0 Å². The predicted octanol–water partition coefficient (Wildman–Crippen LogP) is 0.542. The van der Waals surface area contributed by atoms with Crippen LogP contribution in [0.5, 0.6) is 5.75 Å². The van der Waals surface area contributed by atoms with Gasteiger partial charge in [0.05, 0.1) is 19.1 Å². The van der Waals surface area contributed by atoms with Gasteiger partial charge in [0.25, 0.3) is 0 Å². The maximum atomic E-state index is 11.5. The van der Waals surface area contributed by atoms with E-state index < -0.39 is 10.0 Å². The van der Waals surface area contributed by atoms with E-state index in [1.807, 2.05) is 12.1 Å². The third-order valence-electron chi connectivity index (χ3n) is 4.70. The zero-order chi connectivity index (χ0) is 17.0. The number of piperazine rings is 1. The minimum absolute atomic E-state index is 0.508. The molecule has 7 nitrogen and oxygen atoms in total. The second-order valence-corrected chi connectivity index (χ2v) is 8.49. The lowest BCUT2D eigenvalue weighted by Gasteiger charge is -2.34. The van der Waals surface area contributed by atoms with Crippen LogP contribution in [-0.2, 0) is 10.0 Å². The van der Waals surface area contributed by atoms with E-state index in [4.69, 9.17) is 4.74 Å². The van der Waals surface area contributed by atoms with Crippen LogP contribution >= 0.6 is 0 Å². The quantitative estimate of drug-likeness (QED) is 0.832. The number of ether oxygens (including phenoxy) is 1. The van der Waals surface area contributed by atoms with E-state index in [0.29, 0.717) is 32.1 Å². The Morgan fingerprint density at radius 2 is 1.92 bits per heavy atom. The molecule has 0 unspecified atom stereocenters. The molecule has 2 aliphatic heterocycles. The maximum absolute atomic E-state index is 11.5. The summed E-state index contributed by atoms with van der Waals surface area (Å²) in [7, 11) is -3.09. The van der Waals surface area contributed by atoms with Crippen LogP contribution in [0.15, 0.2) is 18.3 Å². The number of aromatic nitrogens is 1. The molecular formula is C16H26N4O3S. The van der Waals surface area contributed by atoms with E-state index in [1.165, 1.54) is 10.6 Å². The molecule has 0 aliphatic carbocycles. The van der Waals surface area contributed by atoms with Crippen molar-refractivity contribution in [1.82, 2.24) is 14.6 Å². The van der Waals surface area contributed by atoms with Gasteiger partial charge in [-0.15, -0.1) is 0 Å². The van der Waals surface area contributed by atoms with Gasteiger partial charge in [-0.1, -0.05) is 0 Å². The second kappa shape index (κ2) is 7.67. The Morgan fingerprint density at radius 3 is 2.50 bits per heavy atom. The van der Waals surface area contributed by atoms with Gasteiger partial charge in [0.2, 0.25) is 10.0 Å². The molecule has 0 radical (unpaired) electrons.